The highest BCUT2D eigenvalue weighted by Gasteiger charge is 2.41. The Bertz CT molecular complexity index is 661. The third-order valence-corrected chi connectivity index (χ3v) is 4.35. The monoisotopic (exact) mass is 351 g/mol. The molecule has 1 spiro atoms. The number of rotatable bonds is 1. The van der Waals surface area contributed by atoms with E-state index in [2.05, 4.69) is 10.5 Å². The van der Waals surface area contributed by atoms with E-state index < -0.39 is 11.2 Å². The molecule has 0 aliphatic carbocycles. The highest BCUT2D eigenvalue weighted by Crippen LogP contribution is 2.35. The molecule has 24 heavy (non-hydrogen) atoms. The maximum atomic E-state index is 12.2. The smallest absolute Gasteiger partial charge is 0.410 e. The molecule has 130 valence electrons. The van der Waals surface area contributed by atoms with E-state index in [1.54, 1.807) is 23.2 Å². The van der Waals surface area contributed by atoms with Crippen molar-refractivity contribution in [1.29, 1.82) is 0 Å². The van der Waals surface area contributed by atoms with E-state index in [0.29, 0.717) is 36.6 Å². The first-order valence-electron chi connectivity index (χ1n) is 8.04. The molecule has 0 bridgehead atoms. The molecule has 0 saturated carbocycles. The molecular weight excluding hydrogens is 330 g/mol. The lowest BCUT2D eigenvalue weighted by molar-refractivity contribution is -0.0708. The topological polar surface area (TPSA) is 63.7 Å². The van der Waals surface area contributed by atoms with E-state index in [9.17, 15) is 4.79 Å². The molecule has 1 aromatic rings. The first-order valence-corrected chi connectivity index (χ1v) is 8.42. The second-order valence-electron chi connectivity index (χ2n) is 7.13. The molecule has 0 unspecified atom stereocenters. The van der Waals surface area contributed by atoms with Crippen LogP contribution in [-0.4, -0.2) is 40.3 Å². The summed E-state index contributed by atoms with van der Waals surface area (Å²) in [5.41, 5.74) is 3.46. The van der Waals surface area contributed by atoms with Crippen molar-refractivity contribution in [2.75, 3.05) is 13.1 Å². The van der Waals surface area contributed by atoms with Crippen LogP contribution in [-0.2, 0) is 9.57 Å². The van der Waals surface area contributed by atoms with Gasteiger partial charge in [0.15, 0.2) is 0 Å². The van der Waals surface area contributed by atoms with Crippen LogP contribution in [0.5, 0.6) is 0 Å². The number of nitrogens with zero attached hydrogens (tertiary/aromatic N) is 2. The van der Waals surface area contributed by atoms with E-state index in [-0.39, 0.29) is 6.09 Å². The summed E-state index contributed by atoms with van der Waals surface area (Å²) >= 11 is 6.19. The summed E-state index contributed by atoms with van der Waals surface area (Å²) in [6, 6.07) is 3.58. The molecule has 0 atom stereocenters. The number of hydrogen-bond donors (Lipinski definition) is 1. The number of aromatic nitrogens is 1. The molecule has 2 aliphatic rings. The third kappa shape index (κ3) is 3.65. The standard InChI is InChI=1S/C17H22ClN3O3/c1-16(2,3)23-15(22)21-9-6-17(7-10-21)11-13(20-24-17)14-12(18)5-4-8-19-14/h4-5,8,11,20H,6-7,9-10H2,1-3H3. The average Bonchev–Trinajstić information content (AvgIpc) is 2.90. The van der Waals surface area contributed by atoms with Gasteiger partial charge in [-0.2, -0.15) is 0 Å². The number of amides is 1. The van der Waals surface area contributed by atoms with Gasteiger partial charge in [-0.05, 0) is 39.0 Å². The van der Waals surface area contributed by atoms with E-state index in [4.69, 9.17) is 21.2 Å². The Labute approximate surface area is 146 Å². The summed E-state index contributed by atoms with van der Waals surface area (Å²) in [5.74, 6) is 0. The fourth-order valence-corrected chi connectivity index (χ4v) is 3.04. The number of nitrogens with one attached hydrogen (secondary N) is 1. The fourth-order valence-electron chi connectivity index (χ4n) is 2.82. The van der Waals surface area contributed by atoms with Crippen LogP contribution in [0.4, 0.5) is 4.79 Å². The quantitative estimate of drug-likeness (QED) is 0.840. The first kappa shape index (κ1) is 17.0. The Morgan fingerprint density at radius 1 is 1.42 bits per heavy atom. The third-order valence-electron chi connectivity index (χ3n) is 4.05. The lowest BCUT2D eigenvalue weighted by Crippen LogP contribution is -2.48. The minimum Gasteiger partial charge on any atom is -0.444 e. The summed E-state index contributed by atoms with van der Waals surface area (Å²) in [7, 11) is 0. The van der Waals surface area contributed by atoms with Crippen LogP contribution in [0.1, 0.15) is 39.3 Å². The fraction of sp³-hybridized carbons (Fsp3) is 0.529. The van der Waals surface area contributed by atoms with Crippen molar-refractivity contribution in [2.24, 2.45) is 0 Å². The Balaban J connectivity index is 1.66. The van der Waals surface area contributed by atoms with Crippen LogP contribution in [0.3, 0.4) is 0 Å². The molecule has 3 rings (SSSR count). The Morgan fingerprint density at radius 3 is 2.75 bits per heavy atom. The molecule has 1 aromatic heterocycles. The first-order chi connectivity index (χ1) is 11.3. The van der Waals surface area contributed by atoms with Gasteiger partial charge in [0.05, 0.1) is 10.7 Å². The Hall–Kier alpha value is -1.79. The van der Waals surface area contributed by atoms with Gasteiger partial charge in [0.1, 0.15) is 16.9 Å². The van der Waals surface area contributed by atoms with Crippen molar-refractivity contribution >= 4 is 23.4 Å². The van der Waals surface area contributed by atoms with Crippen molar-refractivity contribution in [3.05, 3.63) is 35.1 Å². The molecule has 3 heterocycles. The van der Waals surface area contributed by atoms with Gasteiger partial charge in [-0.1, -0.05) is 11.6 Å². The second kappa shape index (κ2) is 6.26. The van der Waals surface area contributed by atoms with Crippen molar-refractivity contribution in [3.63, 3.8) is 0 Å². The lowest BCUT2D eigenvalue weighted by Gasteiger charge is -2.37. The van der Waals surface area contributed by atoms with Gasteiger partial charge in [0.25, 0.3) is 0 Å². The van der Waals surface area contributed by atoms with Crippen LogP contribution < -0.4 is 5.48 Å². The van der Waals surface area contributed by atoms with E-state index in [1.807, 2.05) is 26.8 Å². The predicted molar refractivity (Wildman–Crippen MR) is 91.2 cm³/mol. The number of hydroxylamine groups is 1. The molecular formula is C17H22ClN3O3. The lowest BCUT2D eigenvalue weighted by atomic mass is 9.91. The van der Waals surface area contributed by atoms with Crippen molar-refractivity contribution in [3.8, 4) is 0 Å². The summed E-state index contributed by atoms with van der Waals surface area (Å²) in [6.45, 7) is 6.76. The van der Waals surface area contributed by atoms with E-state index >= 15 is 0 Å². The SMILES string of the molecule is CC(C)(C)OC(=O)N1CCC2(C=C(c3ncccc3Cl)NO2)CC1. The number of halogens is 1. The van der Waals surface area contributed by atoms with Crippen LogP contribution >= 0.6 is 11.6 Å². The largest absolute Gasteiger partial charge is 0.444 e. The summed E-state index contributed by atoms with van der Waals surface area (Å²) < 4.78 is 5.42. The van der Waals surface area contributed by atoms with Crippen LogP contribution in [0, 0.1) is 0 Å². The minimum atomic E-state index is -0.486. The molecule has 1 fully saturated rings. The molecule has 7 heteroatoms. The zero-order chi connectivity index (χ0) is 17.4. The summed E-state index contributed by atoms with van der Waals surface area (Å²) in [6.07, 6.45) is 4.81. The van der Waals surface area contributed by atoms with Crippen LogP contribution in [0.25, 0.3) is 5.70 Å². The highest BCUT2D eigenvalue weighted by atomic mass is 35.5. The van der Waals surface area contributed by atoms with Crippen LogP contribution in [0.15, 0.2) is 24.4 Å². The highest BCUT2D eigenvalue weighted by molar-refractivity contribution is 6.32. The van der Waals surface area contributed by atoms with Gasteiger partial charge >= 0.3 is 6.09 Å². The molecule has 0 radical (unpaired) electrons. The number of hydrogen-bond acceptors (Lipinski definition) is 5. The predicted octanol–water partition coefficient (Wildman–Crippen LogP) is 3.38. The van der Waals surface area contributed by atoms with Crippen LogP contribution in [0.2, 0.25) is 5.02 Å². The number of carbonyl (C=O) groups is 1. The molecule has 6 nitrogen and oxygen atoms in total. The molecule has 1 N–H and O–H groups in total. The number of carbonyl (C=O) groups excluding carboxylic acids is 1. The minimum absolute atomic E-state index is 0.278. The van der Waals surface area contributed by atoms with E-state index in [1.165, 1.54) is 0 Å². The molecule has 1 amide bonds. The van der Waals surface area contributed by atoms with Gasteiger partial charge in [-0.25, -0.2) is 4.79 Å². The maximum absolute atomic E-state index is 12.2. The van der Waals surface area contributed by atoms with Crippen molar-refractivity contribution < 1.29 is 14.4 Å². The summed E-state index contributed by atoms with van der Waals surface area (Å²) in [4.78, 5) is 24.0. The zero-order valence-electron chi connectivity index (χ0n) is 14.1. The van der Waals surface area contributed by atoms with Gasteiger partial charge in [0, 0.05) is 32.1 Å². The number of piperidine rings is 1. The Morgan fingerprint density at radius 2 is 2.12 bits per heavy atom. The molecule has 1 saturated heterocycles. The average molecular weight is 352 g/mol. The van der Waals surface area contributed by atoms with Crippen molar-refractivity contribution in [2.45, 2.75) is 44.8 Å². The Kier molecular flexibility index (Phi) is 4.44. The second-order valence-corrected chi connectivity index (χ2v) is 7.54. The molecule has 2 aliphatic heterocycles. The van der Waals surface area contributed by atoms with E-state index in [0.717, 1.165) is 5.70 Å². The molecule has 0 aromatic carbocycles. The number of likely N-dealkylation sites (tertiary alicyclic amines) is 1. The summed E-state index contributed by atoms with van der Waals surface area (Å²) in [5, 5.41) is 0.572. The van der Waals surface area contributed by atoms with Gasteiger partial charge in [0.2, 0.25) is 0 Å². The van der Waals surface area contributed by atoms with Gasteiger partial charge in [-0.3, -0.25) is 15.3 Å². The van der Waals surface area contributed by atoms with Gasteiger partial charge in [-0.15, -0.1) is 0 Å². The number of pyridine rings is 1. The zero-order valence-corrected chi connectivity index (χ0v) is 14.9. The number of ether oxygens (including phenoxy) is 1. The normalized spacial score (nSPS) is 19.8. The van der Waals surface area contributed by atoms with Gasteiger partial charge < -0.3 is 9.64 Å². The maximum Gasteiger partial charge on any atom is 0.410 e. The van der Waals surface area contributed by atoms with Crippen molar-refractivity contribution in [1.82, 2.24) is 15.4 Å².